The second-order valence-electron chi connectivity index (χ2n) is 2.46. The molecule has 0 fully saturated rings. The zero-order valence-corrected chi connectivity index (χ0v) is 9.22. The molecule has 2 aromatic heterocycles. The van der Waals surface area contributed by atoms with Gasteiger partial charge in [0.15, 0.2) is 5.82 Å². The molecule has 0 saturated heterocycles. The molecule has 0 radical (unpaired) electrons. The first-order chi connectivity index (χ1) is 6.66. The number of nitrogens with one attached hydrogen (secondary N) is 1. The van der Waals surface area contributed by atoms with Gasteiger partial charge in [0.25, 0.3) is 0 Å². The van der Waals surface area contributed by atoms with Crippen molar-refractivity contribution in [3.63, 3.8) is 0 Å². The van der Waals surface area contributed by atoms with E-state index in [9.17, 15) is 4.79 Å². The summed E-state index contributed by atoms with van der Waals surface area (Å²) in [5.74, 6) is 0.411. The second-order valence-corrected chi connectivity index (χ2v) is 4.23. The summed E-state index contributed by atoms with van der Waals surface area (Å²) in [6, 6.07) is 1.87. The van der Waals surface area contributed by atoms with Crippen molar-refractivity contribution in [2.45, 2.75) is 0 Å². The number of thiophene rings is 1. The monoisotopic (exact) mass is 272 g/mol. The average molecular weight is 273 g/mol. The molecule has 2 heterocycles. The third-order valence-electron chi connectivity index (χ3n) is 1.50. The molecule has 0 aliphatic rings. The molecule has 0 atom stereocenters. The SMILES string of the molecule is Nc1nc(-c2sccc2Br)[nH]c(=O)n1. The fourth-order valence-corrected chi connectivity index (χ4v) is 2.48. The highest BCUT2D eigenvalue weighted by molar-refractivity contribution is 9.10. The van der Waals surface area contributed by atoms with Crippen molar-refractivity contribution in [2.75, 3.05) is 5.73 Å². The third kappa shape index (κ3) is 1.68. The van der Waals surface area contributed by atoms with E-state index in [0.29, 0.717) is 5.82 Å². The average Bonchev–Trinajstić information content (AvgIpc) is 2.49. The molecule has 0 saturated carbocycles. The first kappa shape index (κ1) is 9.35. The van der Waals surface area contributed by atoms with Crippen LogP contribution in [0.2, 0.25) is 0 Å². The summed E-state index contributed by atoms with van der Waals surface area (Å²) in [7, 11) is 0. The number of hydrogen-bond donors (Lipinski definition) is 2. The minimum atomic E-state index is -0.493. The van der Waals surface area contributed by atoms with Gasteiger partial charge in [0.05, 0.1) is 4.88 Å². The molecule has 14 heavy (non-hydrogen) atoms. The van der Waals surface area contributed by atoms with Crippen molar-refractivity contribution in [1.29, 1.82) is 0 Å². The number of nitrogen functional groups attached to an aromatic ring is 1. The number of nitrogens with zero attached hydrogens (tertiary/aromatic N) is 2. The van der Waals surface area contributed by atoms with Crippen LogP contribution in [0.1, 0.15) is 0 Å². The fraction of sp³-hybridized carbons (Fsp3) is 0. The predicted octanol–water partition coefficient (Wildman–Crippen LogP) is 1.24. The van der Waals surface area contributed by atoms with E-state index in [1.54, 1.807) is 0 Å². The summed E-state index contributed by atoms with van der Waals surface area (Å²) < 4.78 is 0.872. The lowest BCUT2D eigenvalue weighted by molar-refractivity contribution is 1.01. The van der Waals surface area contributed by atoms with Crippen LogP contribution in [0.15, 0.2) is 20.7 Å². The van der Waals surface area contributed by atoms with Crippen LogP contribution < -0.4 is 11.4 Å². The Labute approximate surface area is 91.2 Å². The minimum absolute atomic E-state index is 0.0240. The maximum atomic E-state index is 11.0. The highest BCUT2D eigenvalue weighted by Crippen LogP contribution is 2.30. The van der Waals surface area contributed by atoms with Gasteiger partial charge in [-0.2, -0.15) is 9.97 Å². The zero-order valence-electron chi connectivity index (χ0n) is 6.82. The standard InChI is InChI=1S/C7H5BrN4OS/c8-3-1-2-14-4(3)5-10-6(9)12-7(13)11-5/h1-2H,(H3,9,10,11,12,13). The number of anilines is 1. The normalized spacial score (nSPS) is 10.4. The summed E-state index contributed by atoms with van der Waals surface area (Å²) in [5.41, 5.74) is 4.87. The molecule has 0 aromatic carbocycles. The van der Waals surface area contributed by atoms with Gasteiger partial charge in [0.1, 0.15) is 0 Å². The predicted molar refractivity (Wildman–Crippen MR) is 58.1 cm³/mol. The number of halogens is 1. The van der Waals surface area contributed by atoms with Crippen molar-refractivity contribution >= 4 is 33.2 Å². The summed E-state index contributed by atoms with van der Waals surface area (Å²) in [6.07, 6.45) is 0. The van der Waals surface area contributed by atoms with Crippen LogP contribution in [0.25, 0.3) is 10.7 Å². The zero-order chi connectivity index (χ0) is 10.1. The summed E-state index contributed by atoms with van der Waals surface area (Å²) in [6.45, 7) is 0. The van der Waals surface area contributed by atoms with Gasteiger partial charge in [-0.1, -0.05) is 0 Å². The van der Waals surface area contributed by atoms with E-state index < -0.39 is 5.69 Å². The Bertz CT molecular complexity index is 520. The molecule has 72 valence electrons. The van der Waals surface area contributed by atoms with Gasteiger partial charge in [-0.05, 0) is 27.4 Å². The number of hydrogen-bond acceptors (Lipinski definition) is 5. The van der Waals surface area contributed by atoms with Crippen LogP contribution in [0.3, 0.4) is 0 Å². The van der Waals surface area contributed by atoms with E-state index in [1.807, 2.05) is 11.4 Å². The quantitative estimate of drug-likeness (QED) is 0.818. The van der Waals surface area contributed by atoms with Crippen LogP contribution in [0.5, 0.6) is 0 Å². The van der Waals surface area contributed by atoms with E-state index in [1.165, 1.54) is 11.3 Å². The first-order valence-electron chi connectivity index (χ1n) is 3.64. The van der Waals surface area contributed by atoms with E-state index in [0.717, 1.165) is 9.35 Å². The number of nitrogens with two attached hydrogens (primary N) is 1. The Morgan fingerprint density at radius 1 is 1.50 bits per heavy atom. The fourth-order valence-electron chi connectivity index (χ4n) is 0.971. The highest BCUT2D eigenvalue weighted by atomic mass is 79.9. The van der Waals surface area contributed by atoms with Crippen LogP contribution in [-0.2, 0) is 0 Å². The molecule has 5 nitrogen and oxygen atoms in total. The number of H-pyrrole nitrogens is 1. The molecule has 0 aliphatic heterocycles. The molecule has 3 N–H and O–H groups in total. The van der Waals surface area contributed by atoms with E-state index in [-0.39, 0.29) is 5.95 Å². The Hall–Kier alpha value is -1.21. The molecular weight excluding hydrogens is 268 g/mol. The lowest BCUT2D eigenvalue weighted by Crippen LogP contribution is -2.15. The molecule has 0 spiro atoms. The Morgan fingerprint density at radius 3 is 2.86 bits per heavy atom. The largest absolute Gasteiger partial charge is 0.368 e. The molecule has 0 aliphatic carbocycles. The molecule has 2 aromatic rings. The maximum Gasteiger partial charge on any atom is 0.349 e. The van der Waals surface area contributed by atoms with Gasteiger partial charge in [-0.15, -0.1) is 11.3 Å². The summed E-state index contributed by atoms with van der Waals surface area (Å²) in [4.78, 5) is 21.7. The summed E-state index contributed by atoms with van der Waals surface area (Å²) in [5, 5.41) is 1.88. The topological polar surface area (TPSA) is 84.7 Å². The van der Waals surface area contributed by atoms with Crippen molar-refractivity contribution < 1.29 is 0 Å². The summed E-state index contributed by atoms with van der Waals surface area (Å²) >= 11 is 4.80. The van der Waals surface area contributed by atoms with Crippen molar-refractivity contribution in [1.82, 2.24) is 15.0 Å². The van der Waals surface area contributed by atoms with Gasteiger partial charge < -0.3 is 5.73 Å². The van der Waals surface area contributed by atoms with Crippen LogP contribution in [0, 0.1) is 0 Å². The third-order valence-corrected chi connectivity index (χ3v) is 3.34. The molecular formula is C7H5BrN4OS. The van der Waals surface area contributed by atoms with Gasteiger partial charge >= 0.3 is 5.69 Å². The van der Waals surface area contributed by atoms with E-state index in [4.69, 9.17) is 5.73 Å². The lowest BCUT2D eigenvalue weighted by atomic mass is 10.4. The van der Waals surface area contributed by atoms with E-state index >= 15 is 0 Å². The lowest BCUT2D eigenvalue weighted by Gasteiger charge is -1.97. The van der Waals surface area contributed by atoms with Gasteiger partial charge in [-0.3, -0.25) is 4.98 Å². The van der Waals surface area contributed by atoms with Gasteiger partial charge in [0.2, 0.25) is 5.95 Å². The number of rotatable bonds is 1. The molecule has 0 amide bonds. The Kier molecular flexibility index (Phi) is 2.34. The number of aromatic nitrogens is 3. The van der Waals surface area contributed by atoms with Crippen LogP contribution >= 0.6 is 27.3 Å². The second kappa shape index (κ2) is 3.50. The smallest absolute Gasteiger partial charge is 0.349 e. The van der Waals surface area contributed by atoms with Crippen LogP contribution in [0.4, 0.5) is 5.95 Å². The molecule has 7 heteroatoms. The van der Waals surface area contributed by atoms with E-state index in [2.05, 4.69) is 30.9 Å². The number of aromatic amines is 1. The van der Waals surface area contributed by atoms with Crippen molar-refractivity contribution in [3.05, 3.63) is 26.4 Å². The van der Waals surface area contributed by atoms with Crippen molar-refractivity contribution in [2.24, 2.45) is 0 Å². The maximum absolute atomic E-state index is 11.0. The van der Waals surface area contributed by atoms with Gasteiger partial charge in [0, 0.05) is 4.47 Å². The van der Waals surface area contributed by atoms with Crippen molar-refractivity contribution in [3.8, 4) is 10.7 Å². The molecule has 2 rings (SSSR count). The minimum Gasteiger partial charge on any atom is -0.368 e. The first-order valence-corrected chi connectivity index (χ1v) is 5.31. The van der Waals surface area contributed by atoms with Gasteiger partial charge in [-0.25, -0.2) is 4.79 Å². The van der Waals surface area contributed by atoms with Crippen LogP contribution in [-0.4, -0.2) is 15.0 Å². The molecule has 0 bridgehead atoms. The Morgan fingerprint density at radius 2 is 2.29 bits per heavy atom. The Balaban J connectivity index is 2.63. The highest BCUT2D eigenvalue weighted by Gasteiger charge is 2.08. The molecule has 0 unspecified atom stereocenters.